The van der Waals surface area contributed by atoms with Gasteiger partial charge in [0.25, 0.3) is 0 Å². The smallest absolute Gasteiger partial charge is 0.118 e. The normalized spacial score (nSPS) is 29.1. The number of aliphatic hydroxyl groups is 2. The Balaban J connectivity index is 1.95. The quantitative estimate of drug-likeness (QED) is 0.386. The minimum Gasteiger partial charge on any atom is -0.387 e. The van der Waals surface area contributed by atoms with Crippen molar-refractivity contribution >= 4 is 32.3 Å². The molecule has 0 amide bonds. The summed E-state index contributed by atoms with van der Waals surface area (Å²) < 4.78 is 5.70. The molecule has 1 saturated heterocycles. The lowest BCUT2D eigenvalue weighted by Crippen LogP contribution is -2.29. The van der Waals surface area contributed by atoms with Gasteiger partial charge in [0.15, 0.2) is 0 Å². The van der Waals surface area contributed by atoms with Crippen LogP contribution in [0, 0.1) is 0 Å². The highest BCUT2D eigenvalue weighted by Gasteiger charge is 2.55. The van der Waals surface area contributed by atoms with E-state index >= 15 is 0 Å². The number of ether oxygens (including phenoxy) is 1. The number of epoxide rings is 1. The van der Waals surface area contributed by atoms with Gasteiger partial charge in [0.1, 0.15) is 24.4 Å². The molecule has 0 saturated carbocycles. The molecule has 0 aromatic heterocycles. The van der Waals surface area contributed by atoms with Crippen LogP contribution in [0.15, 0.2) is 48.5 Å². The lowest BCUT2D eigenvalue weighted by Gasteiger charge is -2.27. The Kier molecular flexibility index (Phi) is 2.03. The number of fused-ring (bicyclic) bond motifs is 5. The van der Waals surface area contributed by atoms with Gasteiger partial charge in [0.05, 0.1) is 0 Å². The van der Waals surface area contributed by atoms with Gasteiger partial charge in [-0.25, -0.2) is 0 Å². The van der Waals surface area contributed by atoms with Crippen LogP contribution < -0.4 is 0 Å². The summed E-state index contributed by atoms with van der Waals surface area (Å²) in [4.78, 5) is 0. The first-order chi connectivity index (χ1) is 11.3. The maximum Gasteiger partial charge on any atom is 0.118 e. The third-order valence-electron chi connectivity index (χ3n) is 5.52. The number of hydrogen-bond donors (Lipinski definition) is 2. The zero-order chi connectivity index (χ0) is 15.3. The average molecular weight is 302 g/mol. The Bertz CT molecular complexity index is 1100. The molecule has 23 heavy (non-hydrogen) atoms. The molecular formula is C20H14O3. The van der Waals surface area contributed by atoms with Crippen LogP contribution in [-0.4, -0.2) is 22.4 Å². The minimum absolute atomic E-state index is 0.0994. The summed E-state index contributed by atoms with van der Waals surface area (Å²) in [6.07, 6.45) is -2.12. The van der Waals surface area contributed by atoms with Crippen molar-refractivity contribution in [3.8, 4) is 0 Å². The molecule has 4 unspecified atom stereocenters. The van der Waals surface area contributed by atoms with E-state index in [1.807, 2.05) is 12.1 Å². The van der Waals surface area contributed by atoms with Gasteiger partial charge in [-0.2, -0.15) is 0 Å². The Labute approximate surface area is 132 Å². The monoisotopic (exact) mass is 302 g/mol. The second-order valence-corrected chi connectivity index (χ2v) is 6.66. The molecule has 0 bridgehead atoms. The van der Waals surface area contributed by atoms with Crippen LogP contribution in [-0.2, 0) is 4.74 Å². The van der Waals surface area contributed by atoms with Crippen molar-refractivity contribution in [1.29, 1.82) is 0 Å². The molecular weight excluding hydrogens is 288 g/mol. The molecule has 2 N–H and O–H groups in total. The van der Waals surface area contributed by atoms with E-state index in [9.17, 15) is 10.2 Å². The van der Waals surface area contributed by atoms with Gasteiger partial charge in [-0.05, 0) is 43.4 Å². The molecule has 1 heterocycles. The number of benzene rings is 4. The van der Waals surface area contributed by atoms with Crippen LogP contribution in [0.5, 0.6) is 0 Å². The van der Waals surface area contributed by atoms with Crippen LogP contribution >= 0.6 is 0 Å². The maximum atomic E-state index is 10.7. The van der Waals surface area contributed by atoms with Crippen LogP contribution in [0.4, 0.5) is 0 Å². The molecule has 1 fully saturated rings. The minimum atomic E-state index is -0.900. The van der Waals surface area contributed by atoms with E-state index in [2.05, 4.69) is 36.4 Å². The molecule has 1 aliphatic heterocycles. The molecule has 0 spiro atoms. The van der Waals surface area contributed by atoms with Gasteiger partial charge in [-0.3, -0.25) is 0 Å². The first-order valence-corrected chi connectivity index (χ1v) is 7.96. The molecule has 4 aromatic rings. The Morgan fingerprint density at radius 1 is 0.739 bits per heavy atom. The third kappa shape index (κ3) is 1.33. The summed E-state index contributed by atoms with van der Waals surface area (Å²) in [7, 11) is 0. The molecule has 4 atom stereocenters. The van der Waals surface area contributed by atoms with Crippen LogP contribution in [0.3, 0.4) is 0 Å². The topological polar surface area (TPSA) is 53.0 Å². The van der Waals surface area contributed by atoms with Gasteiger partial charge in [-0.1, -0.05) is 48.5 Å². The predicted molar refractivity (Wildman–Crippen MR) is 88.7 cm³/mol. The molecule has 3 nitrogen and oxygen atoms in total. The second kappa shape index (κ2) is 3.82. The zero-order valence-electron chi connectivity index (χ0n) is 12.2. The summed E-state index contributed by atoms with van der Waals surface area (Å²) >= 11 is 0. The lowest BCUT2D eigenvalue weighted by atomic mass is 9.79. The summed E-state index contributed by atoms with van der Waals surface area (Å²) in [6, 6.07) is 16.7. The Morgan fingerprint density at radius 3 is 2.00 bits per heavy atom. The zero-order valence-corrected chi connectivity index (χ0v) is 12.2. The Morgan fingerprint density at radius 2 is 1.35 bits per heavy atom. The van der Waals surface area contributed by atoms with E-state index in [1.54, 1.807) is 0 Å². The van der Waals surface area contributed by atoms with Gasteiger partial charge in [0.2, 0.25) is 0 Å². The van der Waals surface area contributed by atoms with Crippen molar-refractivity contribution in [2.24, 2.45) is 0 Å². The van der Waals surface area contributed by atoms with Gasteiger partial charge >= 0.3 is 0 Å². The van der Waals surface area contributed by atoms with Crippen LogP contribution in [0.1, 0.15) is 23.3 Å². The molecule has 112 valence electrons. The summed E-state index contributed by atoms with van der Waals surface area (Å²) in [5.74, 6) is 0. The molecule has 0 radical (unpaired) electrons. The van der Waals surface area contributed by atoms with Crippen molar-refractivity contribution in [3.05, 3.63) is 59.7 Å². The lowest BCUT2D eigenvalue weighted by molar-refractivity contribution is 0.000929. The van der Waals surface area contributed by atoms with Crippen LogP contribution in [0.2, 0.25) is 0 Å². The van der Waals surface area contributed by atoms with Gasteiger partial charge in [-0.15, -0.1) is 0 Å². The largest absolute Gasteiger partial charge is 0.387 e. The molecule has 4 aromatic carbocycles. The summed E-state index contributed by atoms with van der Waals surface area (Å²) in [5, 5.41) is 28.0. The first kappa shape index (κ1) is 12.3. The van der Waals surface area contributed by atoms with E-state index < -0.39 is 12.2 Å². The molecule has 2 aliphatic rings. The fourth-order valence-electron chi connectivity index (χ4n) is 4.49. The van der Waals surface area contributed by atoms with E-state index in [4.69, 9.17) is 4.74 Å². The summed E-state index contributed by atoms with van der Waals surface area (Å²) in [6.45, 7) is 0. The van der Waals surface area contributed by atoms with Crippen molar-refractivity contribution in [1.82, 2.24) is 0 Å². The molecule has 3 heteroatoms. The van der Waals surface area contributed by atoms with Gasteiger partial charge in [0, 0.05) is 0 Å². The highest BCUT2D eigenvalue weighted by molar-refractivity contribution is 6.25. The van der Waals surface area contributed by atoms with E-state index in [-0.39, 0.29) is 12.2 Å². The van der Waals surface area contributed by atoms with E-state index in [1.165, 1.54) is 16.2 Å². The van der Waals surface area contributed by atoms with Crippen molar-refractivity contribution in [3.63, 3.8) is 0 Å². The summed E-state index contributed by atoms with van der Waals surface area (Å²) in [5.41, 5.74) is 1.90. The Hall–Kier alpha value is -2.20. The second-order valence-electron chi connectivity index (χ2n) is 6.66. The third-order valence-corrected chi connectivity index (χ3v) is 5.52. The highest BCUT2D eigenvalue weighted by Crippen LogP contribution is 2.56. The van der Waals surface area contributed by atoms with Gasteiger partial charge < -0.3 is 14.9 Å². The van der Waals surface area contributed by atoms with Crippen LogP contribution in [0.25, 0.3) is 32.3 Å². The molecule has 1 aliphatic carbocycles. The van der Waals surface area contributed by atoms with Crippen molar-refractivity contribution in [2.45, 2.75) is 24.4 Å². The number of aliphatic hydroxyl groups excluding tert-OH is 2. The van der Waals surface area contributed by atoms with E-state index in [0.29, 0.717) is 0 Å². The number of rotatable bonds is 0. The van der Waals surface area contributed by atoms with E-state index in [0.717, 1.165) is 27.3 Å². The predicted octanol–water partition coefficient (Wildman–Crippen LogP) is 3.43. The number of hydrogen-bond acceptors (Lipinski definition) is 3. The van der Waals surface area contributed by atoms with Crippen molar-refractivity contribution < 1.29 is 14.9 Å². The fourth-order valence-corrected chi connectivity index (χ4v) is 4.49. The fraction of sp³-hybridized carbons (Fsp3) is 0.200. The average Bonchev–Trinajstić information content (AvgIpc) is 3.38. The first-order valence-electron chi connectivity index (χ1n) is 7.96. The molecule has 6 rings (SSSR count). The highest BCUT2D eigenvalue weighted by atomic mass is 16.6. The maximum absolute atomic E-state index is 10.7. The SMILES string of the molecule is OC1c2c(c3cccc4ccc5cccc2c5c43)C2OC2C1O. The van der Waals surface area contributed by atoms with Crippen molar-refractivity contribution in [2.75, 3.05) is 0 Å². The standard InChI is InChI=1S/C20H14O3/c21-17-15-11-5-1-3-9-7-8-10-4-2-6-12(14(10)13(9)11)16(15)19-20(23-19)18(17)22/h1-8,17-22H.